The minimum absolute atomic E-state index is 0.0836. The van der Waals surface area contributed by atoms with Gasteiger partial charge in [-0.25, -0.2) is 0 Å². The van der Waals surface area contributed by atoms with Gasteiger partial charge >= 0.3 is 0 Å². The van der Waals surface area contributed by atoms with Crippen molar-refractivity contribution in [3.05, 3.63) is 63.1 Å². The molecule has 0 saturated carbocycles. The van der Waals surface area contributed by atoms with Gasteiger partial charge in [0.05, 0.1) is 0 Å². The fourth-order valence-corrected chi connectivity index (χ4v) is 2.33. The first-order valence-electron chi connectivity index (χ1n) is 6.40. The molecule has 20 heavy (non-hydrogen) atoms. The molecule has 0 spiro atoms. The van der Waals surface area contributed by atoms with Crippen LogP contribution in [0, 0.1) is 6.92 Å². The van der Waals surface area contributed by atoms with Crippen LogP contribution >= 0.6 is 23.2 Å². The average molecular weight is 310 g/mol. The van der Waals surface area contributed by atoms with Gasteiger partial charge in [0.15, 0.2) is 0 Å². The number of benzene rings is 2. The molecule has 4 heteroatoms. The van der Waals surface area contributed by atoms with Crippen molar-refractivity contribution in [1.82, 2.24) is 0 Å². The number of halogens is 2. The topological polar surface area (TPSA) is 35.2 Å². The van der Waals surface area contributed by atoms with E-state index in [1.165, 1.54) is 0 Å². The molecule has 0 amide bonds. The summed E-state index contributed by atoms with van der Waals surface area (Å²) in [5, 5.41) is 1.29. The minimum Gasteiger partial charge on any atom is -0.489 e. The van der Waals surface area contributed by atoms with Gasteiger partial charge in [-0.05, 0) is 38.1 Å². The zero-order chi connectivity index (χ0) is 14.7. The maximum absolute atomic E-state index is 6.13. The Morgan fingerprint density at radius 3 is 2.60 bits per heavy atom. The monoisotopic (exact) mass is 309 g/mol. The molecule has 0 unspecified atom stereocenters. The summed E-state index contributed by atoms with van der Waals surface area (Å²) in [6.45, 7) is 4.33. The van der Waals surface area contributed by atoms with Crippen molar-refractivity contribution in [3.8, 4) is 5.75 Å². The van der Waals surface area contributed by atoms with Crippen molar-refractivity contribution < 1.29 is 4.74 Å². The van der Waals surface area contributed by atoms with Crippen LogP contribution in [0.2, 0.25) is 10.0 Å². The van der Waals surface area contributed by atoms with Gasteiger partial charge in [0.1, 0.15) is 12.4 Å². The third-order valence-electron chi connectivity index (χ3n) is 3.05. The first-order chi connectivity index (χ1) is 9.47. The zero-order valence-electron chi connectivity index (χ0n) is 11.5. The predicted octanol–water partition coefficient (Wildman–Crippen LogP) is 4.90. The maximum atomic E-state index is 6.13. The Labute approximate surface area is 129 Å². The van der Waals surface area contributed by atoms with E-state index in [1.54, 1.807) is 12.1 Å². The smallest absolute Gasteiger partial charge is 0.124 e. The van der Waals surface area contributed by atoms with Crippen LogP contribution in [0.5, 0.6) is 5.75 Å². The summed E-state index contributed by atoms with van der Waals surface area (Å²) in [6, 6.07) is 11.2. The summed E-state index contributed by atoms with van der Waals surface area (Å²) in [4.78, 5) is 0. The van der Waals surface area contributed by atoms with Gasteiger partial charge in [-0.2, -0.15) is 0 Å². The van der Waals surface area contributed by atoms with Crippen LogP contribution in [0.3, 0.4) is 0 Å². The fourth-order valence-electron chi connectivity index (χ4n) is 1.96. The first kappa shape index (κ1) is 15.2. The van der Waals surface area contributed by atoms with Gasteiger partial charge in [-0.15, -0.1) is 0 Å². The normalized spacial score (nSPS) is 12.2. The maximum Gasteiger partial charge on any atom is 0.124 e. The summed E-state index contributed by atoms with van der Waals surface area (Å²) in [6.07, 6.45) is 0. The number of hydrogen-bond acceptors (Lipinski definition) is 2. The Morgan fingerprint density at radius 1 is 1.15 bits per heavy atom. The highest BCUT2D eigenvalue weighted by Crippen LogP contribution is 2.27. The molecule has 0 aliphatic heterocycles. The lowest BCUT2D eigenvalue weighted by Gasteiger charge is -2.15. The van der Waals surface area contributed by atoms with Gasteiger partial charge in [0.25, 0.3) is 0 Å². The second kappa shape index (κ2) is 6.49. The van der Waals surface area contributed by atoms with Gasteiger partial charge < -0.3 is 10.5 Å². The van der Waals surface area contributed by atoms with Gasteiger partial charge in [-0.3, -0.25) is 0 Å². The molecule has 106 valence electrons. The Balaban J connectivity index is 2.20. The van der Waals surface area contributed by atoms with E-state index in [0.717, 1.165) is 22.4 Å². The van der Waals surface area contributed by atoms with E-state index in [2.05, 4.69) is 0 Å². The molecule has 2 nitrogen and oxygen atoms in total. The Morgan fingerprint density at radius 2 is 1.90 bits per heavy atom. The number of aryl methyl sites for hydroxylation is 1. The molecule has 0 aliphatic carbocycles. The van der Waals surface area contributed by atoms with Crippen molar-refractivity contribution in [3.63, 3.8) is 0 Å². The molecule has 2 rings (SSSR count). The highest BCUT2D eigenvalue weighted by atomic mass is 35.5. The van der Waals surface area contributed by atoms with E-state index < -0.39 is 0 Å². The standard InChI is InChI=1S/C16H17Cl2NO/c1-10-3-6-16(14(7-10)11(2)19)20-9-12-8-13(17)4-5-15(12)18/h3-8,11H,9,19H2,1-2H3/t11-/m1/s1. The molecule has 1 atom stereocenters. The quantitative estimate of drug-likeness (QED) is 0.871. The molecule has 0 saturated heterocycles. The molecule has 0 radical (unpaired) electrons. The van der Waals surface area contributed by atoms with E-state index >= 15 is 0 Å². The molecule has 2 aromatic rings. The molecular weight excluding hydrogens is 293 g/mol. The van der Waals surface area contributed by atoms with Crippen molar-refractivity contribution in [2.75, 3.05) is 0 Å². The van der Waals surface area contributed by atoms with Crippen LogP contribution in [-0.2, 0) is 6.61 Å². The molecule has 0 fully saturated rings. The molecule has 2 N–H and O–H groups in total. The Bertz CT molecular complexity index is 611. The summed E-state index contributed by atoms with van der Waals surface area (Å²) in [5.74, 6) is 0.779. The zero-order valence-corrected chi connectivity index (χ0v) is 13.0. The molecule has 0 aliphatic rings. The average Bonchev–Trinajstić information content (AvgIpc) is 2.40. The molecule has 0 heterocycles. The van der Waals surface area contributed by atoms with Gasteiger partial charge in [0.2, 0.25) is 0 Å². The highest BCUT2D eigenvalue weighted by Gasteiger charge is 2.10. The van der Waals surface area contributed by atoms with Crippen LogP contribution in [0.4, 0.5) is 0 Å². The van der Waals surface area contributed by atoms with Gasteiger partial charge in [0, 0.05) is 27.2 Å². The SMILES string of the molecule is Cc1ccc(OCc2cc(Cl)ccc2Cl)c([C@@H](C)N)c1. The number of rotatable bonds is 4. The third-order valence-corrected chi connectivity index (χ3v) is 3.65. The van der Waals surface area contributed by atoms with Gasteiger partial charge in [-0.1, -0.05) is 40.9 Å². The Kier molecular flexibility index (Phi) is 4.92. The third kappa shape index (κ3) is 3.66. The van der Waals surface area contributed by atoms with Crippen LogP contribution < -0.4 is 10.5 Å². The molecule has 2 aromatic carbocycles. The van der Waals surface area contributed by atoms with E-state index in [0.29, 0.717) is 16.7 Å². The second-order valence-electron chi connectivity index (χ2n) is 4.85. The number of ether oxygens (including phenoxy) is 1. The Hall–Kier alpha value is -1.22. The number of nitrogens with two attached hydrogens (primary N) is 1. The van der Waals surface area contributed by atoms with Crippen LogP contribution in [-0.4, -0.2) is 0 Å². The largest absolute Gasteiger partial charge is 0.489 e. The lowest BCUT2D eigenvalue weighted by Crippen LogP contribution is -2.08. The highest BCUT2D eigenvalue weighted by molar-refractivity contribution is 6.33. The summed E-state index contributed by atoms with van der Waals surface area (Å²) in [5.41, 5.74) is 8.98. The van der Waals surface area contributed by atoms with Crippen LogP contribution in [0.25, 0.3) is 0 Å². The summed E-state index contributed by atoms with van der Waals surface area (Å²) < 4.78 is 5.85. The number of hydrogen-bond donors (Lipinski definition) is 1. The van der Waals surface area contributed by atoms with E-state index in [9.17, 15) is 0 Å². The molecular formula is C16H17Cl2NO. The van der Waals surface area contributed by atoms with E-state index in [1.807, 2.05) is 38.1 Å². The minimum atomic E-state index is -0.0836. The summed E-state index contributed by atoms with van der Waals surface area (Å²) >= 11 is 12.1. The van der Waals surface area contributed by atoms with Crippen molar-refractivity contribution in [2.45, 2.75) is 26.5 Å². The lowest BCUT2D eigenvalue weighted by molar-refractivity contribution is 0.301. The predicted molar refractivity (Wildman–Crippen MR) is 84.6 cm³/mol. The van der Waals surface area contributed by atoms with E-state index in [-0.39, 0.29) is 6.04 Å². The molecule has 0 aromatic heterocycles. The van der Waals surface area contributed by atoms with Crippen molar-refractivity contribution >= 4 is 23.2 Å². The van der Waals surface area contributed by atoms with E-state index in [4.69, 9.17) is 33.7 Å². The first-order valence-corrected chi connectivity index (χ1v) is 7.16. The van der Waals surface area contributed by atoms with Crippen molar-refractivity contribution in [1.29, 1.82) is 0 Å². The van der Waals surface area contributed by atoms with Crippen LogP contribution in [0.15, 0.2) is 36.4 Å². The van der Waals surface area contributed by atoms with Crippen LogP contribution in [0.1, 0.15) is 29.7 Å². The fraction of sp³-hybridized carbons (Fsp3) is 0.250. The lowest BCUT2D eigenvalue weighted by atomic mass is 10.1. The second-order valence-corrected chi connectivity index (χ2v) is 5.70. The summed E-state index contributed by atoms with van der Waals surface area (Å²) in [7, 11) is 0. The molecule has 0 bridgehead atoms. The van der Waals surface area contributed by atoms with Crippen molar-refractivity contribution in [2.24, 2.45) is 5.73 Å².